The molecule has 0 radical (unpaired) electrons. The normalized spacial score (nSPS) is 17.2. The van der Waals surface area contributed by atoms with Crippen molar-refractivity contribution in [3.63, 3.8) is 0 Å². The van der Waals surface area contributed by atoms with Crippen molar-refractivity contribution in [1.82, 2.24) is 4.90 Å². The van der Waals surface area contributed by atoms with Crippen LogP contribution >= 0.6 is 0 Å². The van der Waals surface area contributed by atoms with E-state index in [1.165, 1.54) is 0 Å². The number of carboxylic acids is 1. The van der Waals surface area contributed by atoms with Crippen LogP contribution in [0.15, 0.2) is 54.6 Å². The van der Waals surface area contributed by atoms with E-state index < -0.39 is 5.97 Å². The van der Waals surface area contributed by atoms with Crippen molar-refractivity contribution in [2.24, 2.45) is 5.92 Å². The summed E-state index contributed by atoms with van der Waals surface area (Å²) < 4.78 is 5.75. The van der Waals surface area contributed by atoms with Crippen molar-refractivity contribution in [2.45, 2.75) is 6.42 Å². The lowest BCUT2D eigenvalue weighted by atomic mass is 10.1. The smallest absolute Gasteiger partial charge is 0.307 e. The summed E-state index contributed by atoms with van der Waals surface area (Å²) in [6, 6.07) is 16.6. The van der Waals surface area contributed by atoms with E-state index in [2.05, 4.69) is 5.32 Å². The Morgan fingerprint density at radius 1 is 1.12 bits per heavy atom. The van der Waals surface area contributed by atoms with Crippen molar-refractivity contribution >= 4 is 17.6 Å². The predicted octanol–water partition coefficient (Wildman–Crippen LogP) is 2.82. The third-order valence-electron chi connectivity index (χ3n) is 4.09. The number of benzene rings is 2. The van der Waals surface area contributed by atoms with Crippen LogP contribution in [0.25, 0.3) is 0 Å². The molecule has 1 atom stereocenters. The number of carbonyl (C=O) groups excluding carboxylic acids is 1. The van der Waals surface area contributed by atoms with Gasteiger partial charge in [-0.05, 0) is 37.2 Å². The first kappa shape index (κ1) is 17.0. The van der Waals surface area contributed by atoms with Crippen molar-refractivity contribution in [3.8, 4) is 11.5 Å². The van der Waals surface area contributed by atoms with Crippen molar-refractivity contribution < 1.29 is 19.4 Å². The average Bonchev–Trinajstić information content (AvgIpc) is 3.05. The second-order valence-corrected chi connectivity index (χ2v) is 6.05. The van der Waals surface area contributed by atoms with Crippen LogP contribution in [0.3, 0.4) is 0 Å². The molecule has 1 fully saturated rings. The van der Waals surface area contributed by atoms with Gasteiger partial charge in [-0.25, -0.2) is 0 Å². The Kier molecular flexibility index (Phi) is 5.30. The molecule has 3 rings (SSSR count). The molecule has 0 bridgehead atoms. The van der Waals surface area contributed by atoms with E-state index in [4.69, 9.17) is 9.84 Å². The molecule has 2 aromatic rings. The number of nitrogens with one attached hydrogen (secondary N) is 1. The van der Waals surface area contributed by atoms with E-state index in [0.29, 0.717) is 30.9 Å². The molecular formula is C19H20N2O4. The number of carbonyl (C=O) groups is 2. The van der Waals surface area contributed by atoms with E-state index in [-0.39, 0.29) is 18.4 Å². The van der Waals surface area contributed by atoms with Gasteiger partial charge in [0.05, 0.1) is 12.5 Å². The number of nitrogens with zero attached hydrogens (tertiary/aromatic N) is 1. The molecule has 0 saturated carbocycles. The summed E-state index contributed by atoms with van der Waals surface area (Å²) in [7, 11) is 0. The highest BCUT2D eigenvalue weighted by Crippen LogP contribution is 2.24. The number of hydrogen-bond donors (Lipinski definition) is 2. The third kappa shape index (κ3) is 4.81. The van der Waals surface area contributed by atoms with Gasteiger partial charge in [0.25, 0.3) is 0 Å². The molecule has 25 heavy (non-hydrogen) atoms. The zero-order chi connectivity index (χ0) is 17.6. The Labute approximate surface area is 146 Å². The number of anilines is 1. The van der Waals surface area contributed by atoms with Gasteiger partial charge in [-0.3, -0.25) is 14.5 Å². The lowest BCUT2D eigenvalue weighted by Crippen LogP contribution is -2.32. The summed E-state index contributed by atoms with van der Waals surface area (Å²) in [6.45, 7) is 1.23. The molecule has 1 saturated heterocycles. The van der Waals surface area contributed by atoms with Gasteiger partial charge in [0.1, 0.15) is 11.5 Å². The minimum Gasteiger partial charge on any atom is -0.481 e. The Balaban J connectivity index is 1.55. The second kappa shape index (κ2) is 7.81. The fraction of sp³-hybridized carbons (Fsp3) is 0.263. The fourth-order valence-corrected chi connectivity index (χ4v) is 2.84. The maximum atomic E-state index is 12.2. The van der Waals surface area contributed by atoms with Crippen LogP contribution in [-0.2, 0) is 9.59 Å². The summed E-state index contributed by atoms with van der Waals surface area (Å²) in [5.41, 5.74) is 0.646. The Morgan fingerprint density at radius 3 is 2.60 bits per heavy atom. The number of carboxylic acid groups (broad SMARTS) is 1. The highest BCUT2D eigenvalue weighted by molar-refractivity contribution is 5.92. The number of likely N-dealkylation sites (tertiary alicyclic amines) is 1. The maximum Gasteiger partial charge on any atom is 0.307 e. The van der Waals surface area contributed by atoms with Crippen LogP contribution in [0.5, 0.6) is 11.5 Å². The molecule has 2 N–H and O–H groups in total. The lowest BCUT2D eigenvalue weighted by molar-refractivity contribution is -0.141. The molecule has 1 aliphatic rings. The number of ether oxygens (including phenoxy) is 1. The number of hydrogen-bond acceptors (Lipinski definition) is 4. The first-order valence-corrected chi connectivity index (χ1v) is 8.18. The summed E-state index contributed by atoms with van der Waals surface area (Å²) >= 11 is 0. The summed E-state index contributed by atoms with van der Waals surface area (Å²) in [5.74, 6) is 0.0193. The number of aliphatic carboxylic acids is 1. The molecule has 0 spiro atoms. The van der Waals surface area contributed by atoms with Crippen LogP contribution in [0.1, 0.15) is 6.42 Å². The zero-order valence-electron chi connectivity index (χ0n) is 13.7. The molecular weight excluding hydrogens is 320 g/mol. The van der Waals surface area contributed by atoms with Gasteiger partial charge in [-0.15, -0.1) is 0 Å². The second-order valence-electron chi connectivity index (χ2n) is 6.05. The largest absolute Gasteiger partial charge is 0.481 e. The minimum atomic E-state index is -0.798. The van der Waals surface area contributed by atoms with E-state index >= 15 is 0 Å². The Morgan fingerprint density at radius 2 is 1.88 bits per heavy atom. The number of amides is 1. The molecule has 0 aliphatic carbocycles. The predicted molar refractivity (Wildman–Crippen MR) is 93.8 cm³/mol. The highest BCUT2D eigenvalue weighted by atomic mass is 16.5. The summed E-state index contributed by atoms with van der Waals surface area (Å²) in [6.07, 6.45) is 0.586. The van der Waals surface area contributed by atoms with Gasteiger partial charge < -0.3 is 15.2 Å². The first-order chi connectivity index (χ1) is 12.1. The molecule has 6 heteroatoms. The molecule has 1 aliphatic heterocycles. The average molecular weight is 340 g/mol. The van der Waals surface area contributed by atoms with Crippen molar-refractivity contribution in [1.29, 1.82) is 0 Å². The maximum absolute atomic E-state index is 12.2. The van der Waals surface area contributed by atoms with Gasteiger partial charge >= 0.3 is 5.97 Å². The van der Waals surface area contributed by atoms with Gasteiger partial charge in [-0.2, -0.15) is 0 Å². The topological polar surface area (TPSA) is 78.9 Å². The molecule has 1 heterocycles. The molecule has 2 aromatic carbocycles. The van der Waals surface area contributed by atoms with Crippen LogP contribution in [-0.4, -0.2) is 41.5 Å². The summed E-state index contributed by atoms with van der Waals surface area (Å²) in [4.78, 5) is 25.0. The monoisotopic (exact) mass is 340 g/mol. The van der Waals surface area contributed by atoms with E-state index in [9.17, 15) is 9.59 Å². The fourth-order valence-electron chi connectivity index (χ4n) is 2.84. The van der Waals surface area contributed by atoms with E-state index in [1.54, 1.807) is 12.1 Å². The lowest BCUT2D eigenvalue weighted by Gasteiger charge is -2.15. The standard InChI is InChI=1S/C19H20N2O4/c22-18(13-21-10-9-14(12-21)19(23)24)20-15-5-4-8-17(11-15)25-16-6-2-1-3-7-16/h1-8,11,14H,9-10,12-13H2,(H,20,22)(H,23,24). The third-order valence-corrected chi connectivity index (χ3v) is 4.09. The van der Waals surface area contributed by atoms with Crippen molar-refractivity contribution in [3.05, 3.63) is 54.6 Å². The zero-order valence-corrected chi connectivity index (χ0v) is 13.7. The number of rotatable bonds is 6. The Hall–Kier alpha value is -2.86. The van der Waals surface area contributed by atoms with Gasteiger partial charge in [0.2, 0.25) is 5.91 Å². The first-order valence-electron chi connectivity index (χ1n) is 8.18. The minimum absolute atomic E-state index is 0.164. The van der Waals surface area contributed by atoms with Gasteiger partial charge in [0, 0.05) is 18.3 Å². The summed E-state index contributed by atoms with van der Waals surface area (Å²) in [5, 5.41) is 11.8. The molecule has 0 aromatic heterocycles. The SMILES string of the molecule is O=C(CN1CCC(C(=O)O)C1)Nc1cccc(Oc2ccccc2)c1. The van der Waals surface area contributed by atoms with Crippen LogP contribution in [0.2, 0.25) is 0 Å². The van der Waals surface area contributed by atoms with Gasteiger partial charge in [-0.1, -0.05) is 24.3 Å². The molecule has 6 nitrogen and oxygen atoms in total. The number of para-hydroxylation sites is 1. The molecule has 130 valence electrons. The van der Waals surface area contributed by atoms with Crippen LogP contribution in [0, 0.1) is 5.92 Å². The molecule has 1 unspecified atom stereocenters. The quantitative estimate of drug-likeness (QED) is 0.845. The highest BCUT2D eigenvalue weighted by Gasteiger charge is 2.28. The van der Waals surface area contributed by atoms with Crippen molar-refractivity contribution in [2.75, 3.05) is 25.0 Å². The van der Waals surface area contributed by atoms with Gasteiger partial charge in [0.15, 0.2) is 0 Å². The van der Waals surface area contributed by atoms with E-state index in [0.717, 1.165) is 5.75 Å². The van der Waals surface area contributed by atoms with Crippen LogP contribution < -0.4 is 10.1 Å². The Bertz CT molecular complexity index is 748. The van der Waals surface area contributed by atoms with E-state index in [1.807, 2.05) is 47.4 Å². The molecule has 1 amide bonds. The van der Waals surface area contributed by atoms with Crippen LogP contribution in [0.4, 0.5) is 5.69 Å².